The molecule has 1 saturated heterocycles. The maximum atomic E-state index is 13.1. The Morgan fingerprint density at radius 1 is 1.25 bits per heavy atom. The zero-order valence-electron chi connectivity index (χ0n) is 15.9. The average Bonchev–Trinajstić information content (AvgIpc) is 3.25. The number of furan rings is 1. The molecular formula is C19H24N2O6S. The molecule has 1 amide bonds. The van der Waals surface area contributed by atoms with Crippen LogP contribution in [0.15, 0.2) is 45.9 Å². The number of hydrogen-bond acceptors (Lipinski definition) is 6. The van der Waals surface area contributed by atoms with E-state index in [1.165, 1.54) is 30.7 Å². The normalized spacial score (nSPS) is 17.9. The van der Waals surface area contributed by atoms with Crippen molar-refractivity contribution in [3.63, 3.8) is 0 Å². The van der Waals surface area contributed by atoms with Gasteiger partial charge in [-0.05, 0) is 37.1 Å². The minimum Gasteiger partial charge on any atom is -0.493 e. The van der Waals surface area contributed by atoms with Crippen LogP contribution in [0.25, 0.3) is 0 Å². The van der Waals surface area contributed by atoms with Crippen molar-refractivity contribution in [1.29, 1.82) is 0 Å². The van der Waals surface area contributed by atoms with Gasteiger partial charge in [0.25, 0.3) is 0 Å². The molecule has 0 saturated carbocycles. The molecule has 0 bridgehead atoms. The van der Waals surface area contributed by atoms with Gasteiger partial charge in [0.2, 0.25) is 15.9 Å². The summed E-state index contributed by atoms with van der Waals surface area (Å²) >= 11 is 0. The third-order valence-electron chi connectivity index (χ3n) is 4.76. The number of amides is 1. The fourth-order valence-electron chi connectivity index (χ4n) is 3.23. The summed E-state index contributed by atoms with van der Waals surface area (Å²) < 4.78 is 43.0. The smallest absolute Gasteiger partial charge is 0.243 e. The highest BCUT2D eigenvalue weighted by atomic mass is 32.2. The first kappa shape index (κ1) is 20.2. The lowest BCUT2D eigenvalue weighted by molar-refractivity contribution is -0.126. The summed E-state index contributed by atoms with van der Waals surface area (Å²) in [6.45, 7) is 0.796. The summed E-state index contributed by atoms with van der Waals surface area (Å²) in [5.41, 5.74) is 0. The Balaban J connectivity index is 1.71. The highest BCUT2D eigenvalue weighted by molar-refractivity contribution is 7.89. The van der Waals surface area contributed by atoms with Gasteiger partial charge in [-0.3, -0.25) is 4.79 Å². The number of carbonyl (C=O) groups excluding carboxylic acids is 1. The van der Waals surface area contributed by atoms with Crippen LogP contribution >= 0.6 is 0 Å². The SMILES string of the molecule is COc1ccc(S(=O)(=O)N2CCC[C@@H](C(=O)NCc3ccco3)C2)cc1OC. The molecule has 0 aliphatic carbocycles. The first-order valence-electron chi connectivity index (χ1n) is 8.98. The summed E-state index contributed by atoms with van der Waals surface area (Å²) in [4.78, 5) is 12.6. The van der Waals surface area contributed by atoms with Gasteiger partial charge >= 0.3 is 0 Å². The van der Waals surface area contributed by atoms with Gasteiger partial charge in [0, 0.05) is 19.2 Å². The number of rotatable bonds is 7. The Morgan fingerprint density at radius 2 is 2.04 bits per heavy atom. The van der Waals surface area contributed by atoms with Gasteiger partial charge in [-0.25, -0.2) is 8.42 Å². The second-order valence-electron chi connectivity index (χ2n) is 6.52. The lowest BCUT2D eigenvalue weighted by Gasteiger charge is -2.31. The van der Waals surface area contributed by atoms with Crippen molar-refractivity contribution < 1.29 is 27.1 Å². The molecule has 1 aromatic heterocycles. The second-order valence-corrected chi connectivity index (χ2v) is 8.45. The minimum atomic E-state index is -3.74. The second kappa shape index (κ2) is 8.66. The van der Waals surface area contributed by atoms with Gasteiger partial charge in [-0.2, -0.15) is 4.31 Å². The maximum Gasteiger partial charge on any atom is 0.243 e. The van der Waals surface area contributed by atoms with Crippen LogP contribution in [0.5, 0.6) is 11.5 Å². The molecular weight excluding hydrogens is 384 g/mol. The van der Waals surface area contributed by atoms with E-state index < -0.39 is 15.9 Å². The number of benzene rings is 1. The summed E-state index contributed by atoms with van der Waals surface area (Å²) in [7, 11) is -0.803. The molecule has 1 aliphatic rings. The molecule has 28 heavy (non-hydrogen) atoms. The van der Waals surface area contributed by atoms with Crippen molar-refractivity contribution in [3.05, 3.63) is 42.4 Å². The Morgan fingerprint density at radius 3 is 2.71 bits per heavy atom. The lowest BCUT2D eigenvalue weighted by atomic mass is 9.99. The largest absolute Gasteiger partial charge is 0.493 e. The number of ether oxygens (including phenoxy) is 2. The van der Waals surface area contributed by atoms with Crippen molar-refractivity contribution in [2.24, 2.45) is 5.92 Å². The highest BCUT2D eigenvalue weighted by Gasteiger charge is 2.33. The van der Waals surface area contributed by atoms with Gasteiger partial charge in [0.1, 0.15) is 5.76 Å². The topological polar surface area (TPSA) is 98.1 Å². The monoisotopic (exact) mass is 408 g/mol. The third-order valence-corrected chi connectivity index (χ3v) is 6.63. The van der Waals surface area contributed by atoms with E-state index in [0.29, 0.717) is 36.6 Å². The van der Waals surface area contributed by atoms with Crippen LogP contribution in [-0.4, -0.2) is 45.9 Å². The van der Waals surface area contributed by atoms with Crippen molar-refractivity contribution >= 4 is 15.9 Å². The molecule has 9 heteroatoms. The summed E-state index contributed by atoms with van der Waals surface area (Å²) in [6, 6.07) is 8.00. The Labute approximate surface area is 164 Å². The summed E-state index contributed by atoms with van der Waals surface area (Å²) in [6.07, 6.45) is 2.80. The maximum absolute atomic E-state index is 13.1. The first-order chi connectivity index (χ1) is 13.5. The molecule has 1 aromatic carbocycles. The zero-order valence-corrected chi connectivity index (χ0v) is 16.7. The molecule has 1 fully saturated rings. The van der Waals surface area contributed by atoms with Crippen LogP contribution in [-0.2, 0) is 21.4 Å². The summed E-state index contributed by atoms with van der Waals surface area (Å²) in [5, 5.41) is 2.81. The Kier molecular flexibility index (Phi) is 6.25. The van der Waals surface area contributed by atoms with E-state index in [1.54, 1.807) is 24.5 Å². The number of methoxy groups -OCH3 is 2. The fraction of sp³-hybridized carbons (Fsp3) is 0.421. The lowest BCUT2D eigenvalue weighted by Crippen LogP contribution is -2.45. The number of sulfonamides is 1. The van der Waals surface area contributed by atoms with Gasteiger partial charge in [0.15, 0.2) is 11.5 Å². The van der Waals surface area contributed by atoms with Crippen molar-refractivity contribution in [1.82, 2.24) is 9.62 Å². The van der Waals surface area contributed by atoms with Crippen LogP contribution in [0.1, 0.15) is 18.6 Å². The molecule has 0 unspecified atom stereocenters. The highest BCUT2D eigenvalue weighted by Crippen LogP contribution is 2.32. The first-order valence-corrected chi connectivity index (χ1v) is 10.4. The molecule has 1 atom stereocenters. The molecule has 1 N–H and O–H groups in total. The average molecular weight is 408 g/mol. The molecule has 1 aliphatic heterocycles. The summed E-state index contributed by atoms with van der Waals surface area (Å²) in [5.74, 6) is 0.866. The molecule has 0 spiro atoms. The minimum absolute atomic E-state index is 0.113. The van der Waals surface area contributed by atoms with Crippen LogP contribution in [0.2, 0.25) is 0 Å². The Bertz CT molecular complexity index is 911. The van der Waals surface area contributed by atoms with E-state index >= 15 is 0 Å². The number of nitrogens with one attached hydrogen (secondary N) is 1. The molecule has 2 heterocycles. The Hall–Kier alpha value is -2.52. The molecule has 0 radical (unpaired) electrons. The predicted octanol–water partition coefficient (Wildman–Crippen LogP) is 2.01. The van der Waals surface area contributed by atoms with Gasteiger partial charge < -0.3 is 19.2 Å². The van der Waals surface area contributed by atoms with E-state index in [0.717, 1.165) is 0 Å². The van der Waals surface area contributed by atoms with E-state index in [2.05, 4.69) is 5.32 Å². The van der Waals surface area contributed by atoms with E-state index in [4.69, 9.17) is 13.9 Å². The van der Waals surface area contributed by atoms with Gasteiger partial charge in [0.05, 0.1) is 37.8 Å². The zero-order chi connectivity index (χ0) is 20.1. The van der Waals surface area contributed by atoms with Crippen LogP contribution in [0.3, 0.4) is 0 Å². The van der Waals surface area contributed by atoms with Gasteiger partial charge in [-0.1, -0.05) is 0 Å². The van der Waals surface area contributed by atoms with Crippen LogP contribution in [0, 0.1) is 5.92 Å². The van der Waals surface area contributed by atoms with Crippen LogP contribution in [0.4, 0.5) is 0 Å². The van der Waals surface area contributed by atoms with Crippen molar-refractivity contribution in [2.75, 3.05) is 27.3 Å². The fourth-order valence-corrected chi connectivity index (χ4v) is 4.77. The van der Waals surface area contributed by atoms with Crippen molar-refractivity contribution in [2.45, 2.75) is 24.3 Å². The third kappa shape index (κ3) is 4.31. The van der Waals surface area contributed by atoms with Crippen molar-refractivity contribution in [3.8, 4) is 11.5 Å². The molecule has 8 nitrogen and oxygen atoms in total. The molecule has 152 valence electrons. The number of piperidine rings is 1. The molecule has 3 rings (SSSR count). The number of carbonyl (C=O) groups is 1. The van der Waals surface area contributed by atoms with E-state index in [-0.39, 0.29) is 23.9 Å². The predicted molar refractivity (Wildman–Crippen MR) is 102 cm³/mol. The van der Waals surface area contributed by atoms with Crippen LogP contribution < -0.4 is 14.8 Å². The quantitative estimate of drug-likeness (QED) is 0.753. The standard InChI is InChI=1S/C19H24N2O6S/c1-25-17-8-7-16(11-18(17)26-2)28(23,24)21-9-3-5-14(13-21)19(22)20-12-15-6-4-10-27-15/h4,6-8,10-11,14H,3,5,9,12-13H2,1-2H3,(H,20,22)/t14-/m1/s1. The van der Waals surface area contributed by atoms with E-state index in [9.17, 15) is 13.2 Å². The van der Waals surface area contributed by atoms with E-state index in [1.807, 2.05) is 0 Å². The van der Waals surface area contributed by atoms with Gasteiger partial charge in [-0.15, -0.1) is 0 Å². The number of nitrogens with zero attached hydrogens (tertiary/aromatic N) is 1. The molecule has 2 aromatic rings. The number of hydrogen-bond donors (Lipinski definition) is 1.